The highest BCUT2D eigenvalue weighted by Gasteiger charge is 2.18. The Bertz CT molecular complexity index is 816. The van der Waals surface area contributed by atoms with Crippen LogP contribution < -0.4 is 34.0 Å². The Balaban J connectivity index is 0.00000338. The molecule has 140 valence electrons. The van der Waals surface area contributed by atoms with Gasteiger partial charge < -0.3 is 24.0 Å². The fourth-order valence-electron chi connectivity index (χ4n) is 2.35. The lowest BCUT2D eigenvalue weighted by molar-refractivity contribution is -0.682. The smallest absolute Gasteiger partial charge is 0.275 e. The number of carbonyl (C=O) groups is 1. The molecule has 0 amide bonds. The average molecular weight is 495 g/mol. The van der Waals surface area contributed by atoms with Crippen LogP contribution in [0.5, 0.6) is 0 Å². The van der Waals surface area contributed by atoms with Crippen LogP contribution in [0.15, 0.2) is 42.6 Å². The van der Waals surface area contributed by atoms with Crippen molar-refractivity contribution in [3.8, 4) is 0 Å². The predicted octanol–water partition coefficient (Wildman–Crippen LogP) is 0.0814. The van der Waals surface area contributed by atoms with Crippen molar-refractivity contribution in [2.75, 3.05) is 13.7 Å². The molecule has 0 aliphatic rings. The third-order valence-corrected chi connectivity index (χ3v) is 3.77. The van der Waals surface area contributed by atoms with Crippen LogP contribution in [0, 0.1) is 11.6 Å². The number of nitrogens with one attached hydrogen (secondary N) is 1. The SMILES string of the molecule is CNOC/C=C(/c1ccc(Cl)[n+](CC(C)=O)c1)c1cccc(F)c1F.[I-]. The van der Waals surface area contributed by atoms with Crippen LogP contribution in [0.3, 0.4) is 0 Å². The van der Waals surface area contributed by atoms with E-state index in [1.54, 1.807) is 36.0 Å². The Morgan fingerprint density at radius 1 is 1.31 bits per heavy atom. The average Bonchev–Trinajstić information content (AvgIpc) is 2.57. The second-order valence-corrected chi connectivity index (χ2v) is 5.69. The number of hydrogen-bond donors (Lipinski definition) is 1. The topological polar surface area (TPSA) is 42.2 Å². The summed E-state index contributed by atoms with van der Waals surface area (Å²) >= 11 is 6.10. The van der Waals surface area contributed by atoms with E-state index in [-0.39, 0.29) is 48.5 Å². The van der Waals surface area contributed by atoms with Crippen LogP contribution in [0.25, 0.3) is 5.57 Å². The van der Waals surface area contributed by atoms with Gasteiger partial charge in [0.1, 0.15) is 0 Å². The Morgan fingerprint density at radius 2 is 2.04 bits per heavy atom. The van der Waals surface area contributed by atoms with Crippen molar-refractivity contribution in [3.63, 3.8) is 0 Å². The number of Topliss-reactive ketones (excluding diaryl/α,β-unsaturated/α-hetero) is 1. The van der Waals surface area contributed by atoms with E-state index in [9.17, 15) is 13.6 Å². The molecule has 2 aromatic rings. The summed E-state index contributed by atoms with van der Waals surface area (Å²) < 4.78 is 29.5. The second-order valence-electron chi connectivity index (χ2n) is 5.30. The minimum absolute atomic E-state index is 0. The summed E-state index contributed by atoms with van der Waals surface area (Å²) in [7, 11) is 1.60. The third kappa shape index (κ3) is 5.80. The largest absolute Gasteiger partial charge is 1.00 e. The van der Waals surface area contributed by atoms with E-state index in [1.807, 2.05) is 0 Å². The maximum Gasteiger partial charge on any atom is 0.275 e. The van der Waals surface area contributed by atoms with Gasteiger partial charge in [0.2, 0.25) is 6.54 Å². The first kappa shape index (κ1) is 22.6. The molecule has 2 rings (SSSR count). The van der Waals surface area contributed by atoms with Gasteiger partial charge >= 0.3 is 0 Å². The molecule has 0 unspecified atom stereocenters. The van der Waals surface area contributed by atoms with Gasteiger partial charge in [-0.25, -0.2) is 14.3 Å². The number of nitrogens with zero attached hydrogens (tertiary/aromatic N) is 1. The second kappa shape index (κ2) is 10.7. The molecule has 4 nitrogen and oxygen atoms in total. The molecular formula is C18H18ClF2IN2O2. The number of ketones is 1. The normalized spacial score (nSPS) is 11.2. The predicted molar refractivity (Wildman–Crippen MR) is 90.8 cm³/mol. The van der Waals surface area contributed by atoms with Crippen LogP contribution in [0.4, 0.5) is 8.78 Å². The molecule has 0 saturated heterocycles. The molecule has 1 aromatic heterocycles. The van der Waals surface area contributed by atoms with Crippen LogP contribution in [-0.2, 0) is 16.2 Å². The zero-order chi connectivity index (χ0) is 18.4. The van der Waals surface area contributed by atoms with E-state index in [0.717, 1.165) is 6.07 Å². The molecule has 0 spiro atoms. The van der Waals surface area contributed by atoms with Crippen molar-refractivity contribution in [2.45, 2.75) is 13.5 Å². The highest BCUT2D eigenvalue weighted by Crippen LogP contribution is 2.26. The molecule has 1 N–H and O–H groups in total. The summed E-state index contributed by atoms with van der Waals surface area (Å²) in [6, 6.07) is 7.24. The summed E-state index contributed by atoms with van der Waals surface area (Å²) in [6.07, 6.45) is 3.25. The molecule has 1 heterocycles. The van der Waals surface area contributed by atoms with E-state index in [2.05, 4.69) is 5.48 Å². The van der Waals surface area contributed by atoms with Gasteiger partial charge in [0.05, 0.1) is 6.61 Å². The number of pyridine rings is 1. The summed E-state index contributed by atoms with van der Waals surface area (Å²) in [5.74, 6) is -1.97. The standard InChI is InChI=1S/C18H18ClF2N2O2.HI/c1-12(24)10-23-11-13(6-7-17(23)19)14(8-9-25-22-2)15-4-3-5-16(20)18(15)21;/h3-8,11,22H,9-10H2,1-2H3;1H/q+1;/p-1/b14-8-;. The van der Waals surface area contributed by atoms with E-state index < -0.39 is 11.6 Å². The van der Waals surface area contributed by atoms with Crippen molar-refractivity contribution in [3.05, 3.63) is 70.5 Å². The minimum atomic E-state index is -0.953. The first-order chi connectivity index (χ1) is 11.9. The third-order valence-electron chi connectivity index (χ3n) is 3.43. The van der Waals surface area contributed by atoms with E-state index in [1.165, 1.54) is 19.1 Å². The van der Waals surface area contributed by atoms with Gasteiger partial charge in [-0.05, 0) is 35.4 Å². The number of halogens is 4. The van der Waals surface area contributed by atoms with Gasteiger partial charge in [-0.15, -0.1) is 0 Å². The van der Waals surface area contributed by atoms with Gasteiger partial charge in [-0.1, -0.05) is 12.1 Å². The first-order valence-electron chi connectivity index (χ1n) is 7.56. The molecule has 0 fully saturated rings. The fraction of sp³-hybridized carbons (Fsp3) is 0.222. The summed E-state index contributed by atoms with van der Waals surface area (Å²) in [5, 5.41) is 0.365. The maximum absolute atomic E-state index is 14.3. The van der Waals surface area contributed by atoms with Crippen LogP contribution in [-0.4, -0.2) is 19.4 Å². The van der Waals surface area contributed by atoms with Gasteiger partial charge in [-0.3, -0.25) is 9.63 Å². The number of hydroxylamine groups is 1. The molecule has 26 heavy (non-hydrogen) atoms. The molecule has 0 aliphatic carbocycles. The Kier molecular flexibility index (Phi) is 9.28. The number of aromatic nitrogens is 1. The number of benzene rings is 1. The van der Waals surface area contributed by atoms with Crippen molar-refractivity contribution in [1.29, 1.82) is 0 Å². The molecule has 8 heteroatoms. The Hall–Kier alpha value is -1.42. The van der Waals surface area contributed by atoms with Crippen LogP contribution in [0.2, 0.25) is 5.15 Å². The maximum atomic E-state index is 14.3. The van der Waals surface area contributed by atoms with Crippen molar-refractivity contribution in [1.82, 2.24) is 5.48 Å². The summed E-state index contributed by atoms with van der Waals surface area (Å²) in [5.41, 5.74) is 3.62. The van der Waals surface area contributed by atoms with E-state index in [0.29, 0.717) is 16.3 Å². The van der Waals surface area contributed by atoms with Crippen molar-refractivity contribution >= 4 is 23.0 Å². The lowest BCUT2D eigenvalue weighted by atomic mass is 9.98. The molecule has 1 aromatic carbocycles. The van der Waals surface area contributed by atoms with Gasteiger partial charge in [0.15, 0.2) is 23.6 Å². The Labute approximate surface area is 172 Å². The zero-order valence-corrected chi connectivity index (χ0v) is 17.1. The minimum Gasteiger partial charge on any atom is -1.00 e. The van der Waals surface area contributed by atoms with E-state index in [4.69, 9.17) is 16.4 Å². The summed E-state index contributed by atoms with van der Waals surface area (Å²) in [6.45, 7) is 1.66. The van der Waals surface area contributed by atoms with Crippen LogP contribution >= 0.6 is 11.6 Å². The quantitative estimate of drug-likeness (QED) is 0.195. The Morgan fingerprint density at radius 3 is 2.69 bits per heavy atom. The molecule has 0 aliphatic heterocycles. The zero-order valence-electron chi connectivity index (χ0n) is 14.2. The van der Waals surface area contributed by atoms with Crippen LogP contribution in [0.1, 0.15) is 18.1 Å². The molecule has 0 bridgehead atoms. The number of carbonyl (C=O) groups excluding carboxylic acids is 1. The monoisotopic (exact) mass is 494 g/mol. The highest BCUT2D eigenvalue weighted by molar-refractivity contribution is 6.28. The van der Waals surface area contributed by atoms with E-state index >= 15 is 0 Å². The number of rotatable bonds is 7. The molecular weight excluding hydrogens is 477 g/mol. The first-order valence-corrected chi connectivity index (χ1v) is 7.93. The van der Waals surface area contributed by atoms with Gasteiger partial charge in [0.25, 0.3) is 5.15 Å². The number of hydrogen-bond acceptors (Lipinski definition) is 3. The van der Waals surface area contributed by atoms with Gasteiger partial charge in [-0.2, -0.15) is 4.57 Å². The fourth-order valence-corrected chi connectivity index (χ4v) is 2.52. The molecule has 0 atom stereocenters. The van der Waals surface area contributed by atoms with Gasteiger partial charge in [0, 0.05) is 31.2 Å². The molecule has 0 saturated carbocycles. The van der Waals surface area contributed by atoms with Crippen molar-refractivity contribution in [2.24, 2.45) is 0 Å². The van der Waals surface area contributed by atoms with Crippen molar-refractivity contribution < 1.29 is 47.0 Å². The summed E-state index contributed by atoms with van der Waals surface area (Å²) in [4.78, 5) is 16.5. The lowest BCUT2D eigenvalue weighted by Crippen LogP contribution is -3.00. The molecule has 0 radical (unpaired) electrons. The highest BCUT2D eigenvalue weighted by atomic mass is 127. The lowest BCUT2D eigenvalue weighted by Gasteiger charge is -2.10.